The molecule has 3 atom stereocenters. The van der Waals surface area contributed by atoms with E-state index in [1.807, 2.05) is 0 Å². The number of amides is 1. The van der Waals surface area contributed by atoms with Crippen molar-refractivity contribution < 1.29 is 4.79 Å². The van der Waals surface area contributed by atoms with Crippen molar-refractivity contribution in [2.45, 2.75) is 65.3 Å². The first-order valence-corrected chi connectivity index (χ1v) is 10.1. The van der Waals surface area contributed by atoms with Crippen molar-refractivity contribution in [2.24, 2.45) is 11.8 Å². The van der Waals surface area contributed by atoms with Crippen LogP contribution in [0.3, 0.4) is 0 Å². The molecule has 1 amide bonds. The van der Waals surface area contributed by atoms with E-state index in [-0.39, 0.29) is 6.04 Å². The summed E-state index contributed by atoms with van der Waals surface area (Å²) in [5.41, 5.74) is 4.05. The van der Waals surface area contributed by atoms with Gasteiger partial charge in [-0.05, 0) is 87.6 Å². The first kappa shape index (κ1) is 18.4. The Labute approximate surface area is 153 Å². The Balaban J connectivity index is 1.71. The van der Waals surface area contributed by atoms with Crippen LogP contribution in [-0.4, -0.2) is 30.4 Å². The maximum Gasteiger partial charge on any atom is 0.223 e. The Bertz CT molecular complexity index is 592. The summed E-state index contributed by atoms with van der Waals surface area (Å²) < 4.78 is 0. The number of nitrogens with one attached hydrogen (secondary N) is 1. The Morgan fingerprint density at radius 1 is 1.24 bits per heavy atom. The number of rotatable bonds is 4. The van der Waals surface area contributed by atoms with Crippen molar-refractivity contribution in [1.82, 2.24) is 10.2 Å². The molecule has 138 valence electrons. The van der Waals surface area contributed by atoms with Gasteiger partial charge in [0.2, 0.25) is 5.91 Å². The van der Waals surface area contributed by atoms with Crippen LogP contribution in [0.5, 0.6) is 0 Å². The maximum absolute atomic E-state index is 13.1. The number of nitrogens with zero attached hydrogens (tertiary/aromatic N) is 1. The molecule has 25 heavy (non-hydrogen) atoms. The monoisotopic (exact) mass is 342 g/mol. The van der Waals surface area contributed by atoms with E-state index < -0.39 is 0 Å². The summed E-state index contributed by atoms with van der Waals surface area (Å²) >= 11 is 0. The number of carbonyl (C=O) groups is 1. The van der Waals surface area contributed by atoms with Crippen molar-refractivity contribution in [2.75, 3.05) is 19.6 Å². The van der Waals surface area contributed by atoms with Crippen LogP contribution in [0.1, 0.15) is 68.2 Å². The van der Waals surface area contributed by atoms with E-state index in [0.29, 0.717) is 24.2 Å². The van der Waals surface area contributed by atoms with E-state index in [1.54, 1.807) is 0 Å². The fraction of sp³-hybridized carbons (Fsp3) is 0.682. The summed E-state index contributed by atoms with van der Waals surface area (Å²) in [5, 5.41) is 3.49. The highest BCUT2D eigenvalue weighted by atomic mass is 16.2. The Morgan fingerprint density at radius 3 is 2.84 bits per heavy atom. The maximum atomic E-state index is 13.1. The van der Waals surface area contributed by atoms with Gasteiger partial charge in [-0.25, -0.2) is 0 Å². The number of aryl methyl sites for hydroxylation is 1. The zero-order chi connectivity index (χ0) is 17.8. The fourth-order valence-electron chi connectivity index (χ4n) is 4.61. The van der Waals surface area contributed by atoms with E-state index in [1.165, 1.54) is 36.0 Å². The van der Waals surface area contributed by atoms with Gasteiger partial charge in [0, 0.05) is 13.0 Å². The smallest absolute Gasteiger partial charge is 0.223 e. The lowest BCUT2D eigenvalue weighted by atomic mass is 9.84. The molecule has 2 aliphatic rings. The molecule has 1 aromatic rings. The molecule has 0 radical (unpaired) electrons. The number of hydrogen-bond donors (Lipinski definition) is 1. The van der Waals surface area contributed by atoms with Gasteiger partial charge >= 0.3 is 0 Å². The highest BCUT2D eigenvalue weighted by Crippen LogP contribution is 2.35. The minimum absolute atomic E-state index is 0.276. The minimum atomic E-state index is 0.276. The van der Waals surface area contributed by atoms with Gasteiger partial charge in [-0.3, -0.25) is 4.79 Å². The van der Waals surface area contributed by atoms with Crippen LogP contribution in [-0.2, 0) is 4.79 Å². The largest absolute Gasteiger partial charge is 0.336 e. The van der Waals surface area contributed by atoms with Gasteiger partial charge in [-0.2, -0.15) is 0 Å². The van der Waals surface area contributed by atoms with Crippen molar-refractivity contribution >= 4 is 5.91 Å². The van der Waals surface area contributed by atoms with Crippen LogP contribution in [0.25, 0.3) is 0 Å². The number of hydrogen-bond acceptors (Lipinski definition) is 2. The van der Waals surface area contributed by atoms with Crippen LogP contribution in [0.4, 0.5) is 0 Å². The third kappa shape index (κ3) is 4.25. The molecule has 3 unspecified atom stereocenters. The first-order chi connectivity index (χ1) is 12.1. The summed E-state index contributed by atoms with van der Waals surface area (Å²) in [7, 11) is 0. The molecule has 1 aromatic carbocycles. The van der Waals surface area contributed by atoms with Gasteiger partial charge in [0.25, 0.3) is 0 Å². The average molecular weight is 343 g/mol. The Kier molecular flexibility index (Phi) is 6.16. The molecular formula is C22H34N2O. The van der Waals surface area contributed by atoms with Crippen LogP contribution in [0.2, 0.25) is 0 Å². The predicted octanol–water partition coefficient (Wildman–Crippen LogP) is 4.38. The normalized spacial score (nSPS) is 25.6. The summed E-state index contributed by atoms with van der Waals surface area (Å²) in [6.07, 6.45) is 6.69. The van der Waals surface area contributed by atoms with E-state index in [9.17, 15) is 4.79 Å². The molecule has 2 saturated heterocycles. The highest BCUT2D eigenvalue weighted by molar-refractivity contribution is 5.77. The van der Waals surface area contributed by atoms with Gasteiger partial charge in [0.1, 0.15) is 0 Å². The van der Waals surface area contributed by atoms with Crippen LogP contribution in [0.15, 0.2) is 18.2 Å². The topological polar surface area (TPSA) is 32.3 Å². The van der Waals surface area contributed by atoms with Crippen molar-refractivity contribution in [3.8, 4) is 0 Å². The van der Waals surface area contributed by atoms with E-state index >= 15 is 0 Å². The predicted molar refractivity (Wildman–Crippen MR) is 104 cm³/mol. The molecule has 3 rings (SSSR count). The summed E-state index contributed by atoms with van der Waals surface area (Å²) in [4.78, 5) is 15.3. The van der Waals surface area contributed by atoms with Crippen LogP contribution >= 0.6 is 0 Å². The molecule has 2 aliphatic heterocycles. The third-order valence-corrected chi connectivity index (χ3v) is 6.47. The van der Waals surface area contributed by atoms with Crippen molar-refractivity contribution in [3.63, 3.8) is 0 Å². The lowest BCUT2D eigenvalue weighted by molar-refractivity contribution is -0.136. The van der Waals surface area contributed by atoms with Crippen molar-refractivity contribution in [3.05, 3.63) is 34.9 Å². The molecule has 3 nitrogen and oxygen atoms in total. The Morgan fingerprint density at radius 2 is 2.08 bits per heavy atom. The molecule has 2 heterocycles. The second-order valence-corrected chi connectivity index (χ2v) is 8.18. The lowest BCUT2D eigenvalue weighted by Gasteiger charge is -2.38. The van der Waals surface area contributed by atoms with E-state index in [4.69, 9.17) is 0 Å². The number of benzene rings is 1. The fourth-order valence-corrected chi connectivity index (χ4v) is 4.61. The molecule has 0 spiro atoms. The molecule has 2 fully saturated rings. The summed E-state index contributed by atoms with van der Waals surface area (Å²) in [6.45, 7) is 9.79. The zero-order valence-corrected chi connectivity index (χ0v) is 16.2. The van der Waals surface area contributed by atoms with Crippen LogP contribution in [0, 0.1) is 25.7 Å². The molecule has 0 aromatic heterocycles. The summed E-state index contributed by atoms with van der Waals surface area (Å²) in [6, 6.07) is 6.82. The number of likely N-dealkylation sites (tertiary alicyclic amines) is 1. The second-order valence-electron chi connectivity index (χ2n) is 8.18. The van der Waals surface area contributed by atoms with E-state index in [0.717, 1.165) is 32.5 Å². The van der Waals surface area contributed by atoms with Gasteiger partial charge in [0.15, 0.2) is 0 Å². The van der Waals surface area contributed by atoms with Gasteiger partial charge < -0.3 is 10.2 Å². The number of piperidine rings is 2. The van der Waals surface area contributed by atoms with Gasteiger partial charge in [0.05, 0.1) is 6.04 Å². The Hall–Kier alpha value is -1.35. The zero-order valence-electron chi connectivity index (χ0n) is 16.2. The second kappa shape index (κ2) is 8.35. The molecule has 0 bridgehead atoms. The molecule has 0 saturated carbocycles. The molecular weight excluding hydrogens is 308 g/mol. The van der Waals surface area contributed by atoms with Crippen molar-refractivity contribution in [1.29, 1.82) is 0 Å². The lowest BCUT2D eigenvalue weighted by Crippen LogP contribution is -2.41. The molecule has 3 heteroatoms. The third-order valence-electron chi connectivity index (χ3n) is 6.47. The standard InChI is InChI=1S/C22H34N2O/c1-16-8-6-10-20(18(16)3)21-11-4-5-13-24(21)22(25)14-17(2)19-9-7-12-23-15-19/h6,8,10,17,19,21,23H,4-5,7,9,11-15H2,1-3H3. The number of carbonyl (C=O) groups excluding carboxylic acids is 1. The quantitative estimate of drug-likeness (QED) is 0.880. The highest BCUT2D eigenvalue weighted by Gasteiger charge is 2.31. The first-order valence-electron chi connectivity index (χ1n) is 10.1. The molecule has 1 N–H and O–H groups in total. The van der Waals surface area contributed by atoms with Crippen LogP contribution < -0.4 is 5.32 Å². The minimum Gasteiger partial charge on any atom is -0.336 e. The average Bonchev–Trinajstić information content (AvgIpc) is 2.64. The molecule has 0 aliphatic carbocycles. The summed E-state index contributed by atoms with van der Waals surface area (Å²) in [5.74, 6) is 1.49. The SMILES string of the molecule is Cc1cccc(C2CCCCN2C(=O)CC(C)C2CCCNC2)c1C. The van der Waals surface area contributed by atoms with Gasteiger partial charge in [-0.1, -0.05) is 25.1 Å². The van der Waals surface area contributed by atoms with Gasteiger partial charge in [-0.15, -0.1) is 0 Å². The van der Waals surface area contributed by atoms with E-state index in [2.05, 4.69) is 49.2 Å².